The highest BCUT2D eigenvalue weighted by Gasteiger charge is 2.32. The second-order valence-corrected chi connectivity index (χ2v) is 3.65. The summed E-state index contributed by atoms with van der Waals surface area (Å²) in [7, 11) is 0. The molecule has 66 valence electrons. The van der Waals surface area contributed by atoms with Crippen molar-refractivity contribution in [2.45, 2.75) is 20.3 Å². The topological polar surface area (TPSA) is 38.1 Å². The number of aryl methyl sites for hydroxylation is 1. The van der Waals surface area contributed by atoms with Gasteiger partial charge < -0.3 is 9.73 Å². The molecule has 0 spiro atoms. The fourth-order valence-corrected chi connectivity index (χ4v) is 1.34. The maximum absolute atomic E-state index is 5.16. The third-order valence-electron chi connectivity index (χ3n) is 2.41. The molecule has 12 heavy (non-hydrogen) atoms. The van der Waals surface area contributed by atoms with Crippen molar-refractivity contribution in [3.05, 3.63) is 12.0 Å². The first-order valence-electron chi connectivity index (χ1n) is 4.41. The van der Waals surface area contributed by atoms with Gasteiger partial charge in [0.05, 0.1) is 5.69 Å². The van der Waals surface area contributed by atoms with Gasteiger partial charge in [0, 0.05) is 6.54 Å². The van der Waals surface area contributed by atoms with E-state index in [2.05, 4.69) is 17.2 Å². The minimum Gasteiger partial charge on any atom is -0.432 e. The van der Waals surface area contributed by atoms with Crippen molar-refractivity contribution in [2.24, 2.45) is 11.8 Å². The molecule has 0 aromatic carbocycles. The molecule has 1 fully saturated rings. The van der Waals surface area contributed by atoms with Crippen molar-refractivity contribution in [1.82, 2.24) is 4.98 Å². The number of nitrogens with one attached hydrogen (secondary N) is 1. The summed E-state index contributed by atoms with van der Waals surface area (Å²) >= 11 is 0. The maximum atomic E-state index is 5.16. The molecule has 0 bridgehead atoms. The molecule has 2 atom stereocenters. The standard InChI is InChI=1S/C9H14N2O/c1-6-3-8(6)4-10-9-11-7(2)5-12-9/h5-6,8H,3-4H2,1-2H3,(H,10,11). The molecule has 1 aliphatic rings. The average Bonchev–Trinajstić information content (AvgIpc) is 2.56. The molecule has 1 saturated carbocycles. The van der Waals surface area contributed by atoms with Crippen LogP contribution in [0.4, 0.5) is 6.01 Å². The number of rotatable bonds is 3. The SMILES string of the molecule is Cc1coc(NCC2CC2C)n1. The zero-order valence-corrected chi connectivity index (χ0v) is 7.50. The lowest BCUT2D eigenvalue weighted by Gasteiger charge is -1.97. The zero-order valence-electron chi connectivity index (χ0n) is 7.50. The Morgan fingerprint density at radius 2 is 2.50 bits per heavy atom. The zero-order chi connectivity index (χ0) is 8.55. The van der Waals surface area contributed by atoms with Gasteiger partial charge in [-0.25, -0.2) is 0 Å². The Morgan fingerprint density at radius 1 is 1.75 bits per heavy atom. The molecule has 2 rings (SSSR count). The first-order valence-corrected chi connectivity index (χ1v) is 4.41. The van der Waals surface area contributed by atoms with Gasteiger partial charge in [0.1, 0.15) is 6.26 Å². The van der Waals surface area contributed by atoms with Crippen molar-refractivity contribution in [2.75, 3.05) is 11.9 Å². The third kappa shape index (κ3) is 1.60. The number of hydrogen-bond donors (Lipinski definition) is 1. The van der Waals surface area contributed by atoms with E-state index in [1.165, 1.54) is 6.42 Å². The van der Waals surface area contributed by atoms with Gasteiger partial charge in [-0.05, 0) is 25.2 Å². The first kappa shape index (κ1) is 7.65. The van der Waals surface area contributed by atoms with E-state index in [-0.39, 0.29) is 0 Å². The summed E-state index contributed by atoms with van der Waals surface area (Å²) in [6.07, 6.45) is 3.01. The van der Waals surface area contributed by atoms with Crippen LogP contribution >= 0.6 is 0 Å². The van der Waals surface area contributed by atoms with Crippen LogP contribution in [0.25, 0.3) is 0 Å². The Hall–Kier alpha value is -0.990. The second kappa shape index (κ2) is 2.81. The van der Waals surface area contributed by atoms with Gasteiger partial charge in [-0.3, -0.25) is 0 Å². The number of anilines is 1. The van der Waals surface area contributed by atoms with E-state index in [9.17, 15) is 0 Å². The predicted octanol–water partition coefficient (Wildman–Crippen LogP) is 2.05. The van der Waals surface area contributed by atoms with Crippen LogP contribution in [0.5, 0.6) is 0 Å². The monoisotopic (exact) mass is 166 g/mol. The smallest absolute Gasteiger partial charge is 0.294 e. The summed E-state index contributed by atoms with van der Waals surface area (Å²) in [5.41, 5.74) is 0.932. The van der Waals surface area contributed by atoms with Crippen LogP contribution in [0.3, 0.4) is 0 Å². The fourth-order valence-electron chi connectivity index (χ4n) is 1.34. The lowest BCUT2D eigenvalue weighted by molar-refractivity contribution is 0.566. The molecule has 0 aliphatic heterocycles. The van der Waals surface area contributed by atoms with Crippen LogP contribution < -0.4 is 5.32 Å². The van der Waals surface area contributed by atoms with E-state index in [4.69, 9.17) is 4.42 Å². The van der Waals surface area contributed by atoms with Crippen LogP contribution in [0.15, 0.2) is 10.7 Å². The summed E-state index contributed by atoms with van der Waals surface area (Å²) in [5, 5.41) is 3.18. The lowest BCUT2D eigenvalue weighted by Crippen LogP contribution is -2.04. The van der Waals surface area contributed by atoms with E-state index in [0.717, 1.165) is 24.1 Å². The lowest BCUT2D eigenvalue weighted by atomic mass is 10.3. The Bertz CT molecular complexity index is 269. The van der Waals surface area contributed by atoms with E-state index in [1.54, 1.807) is 6.26 Å². The predicted molar refractivity (Wildman–Crippen MR) is 47.0 cm³/mol. The molecular formula is C9H14N2O. The summed E-state index contributed by atoms with van der Waals surface area (Å²) in [4.78, 5) is 4.16. The molecule has 0 saturated heterocycles. The van der Waals surface area contributed by atoms with Crippen LogP contribution in [-0.2, 0) is 0 Å². The molecule has 2 unspecified atom stereocenters. The Morgan fingerprint density at radius 3 is 3.00 bits per heavy atom. The van der Waals surface area contributed by atoms with Gasteiger partial charge in [0.25, 0.3) is 6.01 Å². The third-order valence-corrected chi connectivity index (χ3v) is 2.41. The molecule has 1 heterocycles. The highest BCUT2D eigenvalue weighted by atomic mass is 16.4. The molecule has 1 aromatic heterocycles. The molecule has 0 amide bonds. The molecule has 1 N–H and O–H groups in total. The van der Waals surface area contributed by atoms with Crippen molar-refractivity contribution in [3.63, 3.8) is 0 Å². The number of nitrogens with zero attached hydrogens (tertiary/aromatic N) is 1. The van der Waals surface area contributed by atoms with Crippen LogP contribution in [0, 0.1) is 18.8 Å². The summed E-state index contributed by atoms with van der Waals surface area (Å²) in [6.45, 7) is 5.20. The Balaban J connectivity index is 1.80. The number of hydrogen-bond acceptors (Lipinski definition) is 3. The highest BCUT2D eigenvalue weighted by Crippen LogP contribution is 2.37. The molecule has 3 heteroatoms. The van der Waals surface area contributed by atoms with Gasteiger partial charge in [0.2, 0.25) is 0 Å². The number of aromatic nitrogens is 1. The Kier molecular flexibility index (Phi) is 1.79. The van der Waals surface area contributed by atoms with Crippen molar-refractivity contribution >= 4 is 6.01 Å². The van der Waals surface area contributed by atoms with Crippen LogP contribution in [0.1, 0.15) is 19.0 Å². The van der Waals surface area contributed by atoms with Crippen molar-refractivity contribution < 1.29 is 4.42 Å². The van der Waals surface area contributed by atoms with Crippen LogP contribution in [-0.4, -0.2) is 11.5 Å². The molecule has 1 aromatic rings. The van der Waals surface area contributed by atoms with Gasteiger partial charge in [-0.2, -0.15) is 4.98 Å². The van der Waals surface area contributed by atoms with Gasteiger partial charge in [-0.1, -0.05) is 6.92 Å². The summed E-state index contributed by atoms with van der Waals surface area (Å²) in [6, 6.07) is 0.659. The average molecular weight is 166 g/mol. The summed E-state index contributed by atoms with van der Waals surface area (Å²) in [5.74, 6) is 1.71. The fraction of sp³-hybridized carbons (Fsp3) is 0.667. The van der Waals surface area contributed by atoms with Gasteiger partial charge in [0.15, 0.2) is 0 Å². The Labute approximate surface area is 72.2 Å². The normalized spacial score (nSPS) is 27.2. The van der Waals surface area contributed by atoms with Gasteiger partial charge >= 0.3 is 0 Å². The van der Waals surface area contributed by atoms with E-state index in [1.807, 2.05) is 6.92 Å². The molecule has 3 nitrogen and oxygen atoms in total. The largest absolute Gasteiger partial charge is 0.432 e. The quantitative estimate of drug-likeness (QED) is 0.746. The minimum atomic E-state index is 0.659. The van der Waals surface area contributed by atoms with Gasteiger partial charge in [-0.15, -0.1) is 0 Å². The van der Waals surface area contributed by atoms with E-state index in [0.29, 0.717) is 6.01 Å². The van der Waals surface area contributed by atoms with E-state index < -0.39 is 0 Å². The first-order chi connectivity index (χ1) is 5.75. The van der Waals surface area contributed by atoms with Crippen LogP contribution in [0.2, 0.25) is 0 Å². The molecule has 0 radical (unpaired) electrons. The van der Waals surface area contributed by atoms with Crippen molar-refractivity contribution in [3.8, 4) is 0 Å². The molecule has 1 aliphatic carbocycles. The number of oxazole rings is 1. The second-order valence-electron chi connectivity index (χ2n) is 3.65. The van der Waals surface area contributed by atoms with E-state index >= 15 is 0 Å². The minimum absolute atomic E-state index is 0.659. The molecular weight excluding hydrogens is 152 g/mol. The summed E-state index contributed by atoms with van der Waals surface area (Å²) < 4.78 is 5.16. The highest BCUT2D eigenvalue weighted by molar-refractivity contribution is 5.21. The maximum Gasteiger partial charge on any atom is 0.294 e. The van der Waals surface area contributed by atoms with Crippen molar-refractivity contribution in [1.29, 1.82) is 0 Å².